The average molecular weight is 254 g/mol. The van der Waals surface area contributed by atoms with E-state index in [1.165, 1.54) is 0 Å². The summed E-state index contributed by atoms with van der Waals surface area (Å²) in [7, 11) is -3.18. The Kier molecular flexibility index (Phi) is 4.31. The van der Waals surface area contributed by atoms with Gasteiger partial charge in [-0.25, -0.2) is 13.1 Å². The first-order valence-corrected chi connectivity index (χ1v) is 6.80. The van der Waals surface area contributed by atoms with Gasteiger partial charge in [-0.3, -0.25) is 0 Å². The van der Waals surface area contributed by atoms with Crippen LogP contribution >= 0.6 is 0 Å². The molecule has 1 aromatic carbocycles. The molecule has 1 rings (SSSR count). The number of para-hydroxylation sites is 1. The van der Waals surface area contributed by atoms with Crippen LogP contribution in [0.3, 0.4) is 0 Å². The van der Waals surface area contributed by atoms with Crippen LogP contribution in [0.25, 0.3) is 0 Å². The van der Waals surface area contributed by atoms with E-state index in [1.807, 2.05) is 6.07 Å². The third-order valence-electron chi connectivity index (χ3n) is 2.03. The molecule has 0 amide bonds. The molecule has 6 nitrogen and oxygen atoms in total. The van der Waals surface area contributed by atoms with E-state index in [9.17, 15) is 8.42 Å². The van der Waals surface area contributed by atoms with Crippen molar-refractivity contribution in [2.45, 2.75) is 0 Å². The standard InChI is InChI=1S/C10H14N4O2S/c1-17(15,16)14-6-5-13-9-4-2-3-8(7-11)10(9)12/h2-4,13-14H,5-6,12H2,1H3. The predicted molar refractivity (Wildman–Crippen MR) is 66.9 cm³/mol. The number of sulfonamides is 1. The van der Waals surface area contributed by atoms with Crippen LogP contribution in [0.1, 0.15) is 5.56 Å². The summed E-state index contributed by atoms with van der Waals surface area (Å²) in [5, 5.41) is 11.7. The Bertz CT molecular complexity index is 534. The molecule has 0 aliphatic rings. The van der Waals surface area contributed by atoms with Gasteiger partial charge in [-0.1, -0.05) is 6.07 Å². The summed E-state index contributed by atoms with van der Waals surface area (Å²) in [6, 6.07) is 7.04. The van der Waals surface area contributed by atoms with E-state index in [0.717, 1.165) is 6.26 Å². The molecule has 0 aliphatic heterocycles. The van der Waals surface area contributed by atoms with Crippen LogP contribution in [-0.4, -0.2) is 27.8 Å². The lowest BCUT2D eigenvalue weighted by molar-refractivity contribution is 0.589. The van der Waals surface area contributed by atoms with Crippen LogP contribution in [0.2, 0.25) is 0 Å². The fourth-order valence-corrected chi connectivity index (χ4v) is 1.72. The highest BCUT2D eigenvalue weighted by atomic mass is 32.2. The first-order chi connectivity index (χ1) is 7.94. The molecule has 7 heteroatoms. The number of nitrogens with two attached hydrogens (primary N) is 1. The molecule has 0 heterocycles. The van der Waals surface area contributed by atoms with Crippen molar-refractivity contribution in [3.8, 4) is 6.07 Å². The quantitative estimate of drug-likeness (QED) is 0.510. The summed E-state index contributed by atoms with van der Waals surface area (Å²) < 4.78 is 24.0. The molecule has 0 saturated carbocycles. The number of hydrogen-bond acceptors (Lipinski definition) is 5. The maximum absolute atomic E-state index is 10.8. The van der Waals surface area contributed by atoms with E-state index in [4.69, 9.17) is 11.0 Å². The van der Waals surface area contributed by atoms with Gasteiger partial charge in [-0.2, -0.15) is 5.26 Å². The zero-order valence-corrected chi connectivity index (χ0v) is 10.2. The molecule has 0 radical (unpaired) electrons. The largest absolute Gasteiger partial charge is 0.396 e. The van der Waals surface area contributed by atoms with Crippen molar-refractivity contribution in [3.63, 3.8) is 0 Å². The van der Waals surface area contributed by atoms with Crippen molar-refractivity contribution < 1.29 is 8.42 Å². The second-order valence-corrected chi connectivity index (χ2v) is 5.30. The number of anilines is 2. The fraction of sp³-hybridized carbons (Fsp3) is 0.300. The fourth-order valence-electron chi connectivity index (χ4n) is 1.25. The summed E-state index contributed by atoms with van der Waals surface area (Å²) in [6.45, 7) is 0.654. The molecule has 0 fully saturated rings. The monoisotopic (exact) mass is 254 g/mol. The number of hydrogen-bond donors (Lipinski definition) is 3. The number of nitrogen functional groups attached to an aromatic ring is 1. The normalized spacial score (nSPS) is 10.8. The van der Waals surface area contributed by atoms with Crippen molar-refractivity contribution in [1.82, 2.24) is 4.72 Å². The van der Waals surface area contributed by atoms with Gasteiger partial charge in [0.05, 0.1) is 23.2 Å². The summed E-state index contributed by atoms with van der Waals surface area (Å²) in [5.74, 6) is 0. The van der Waals surface area contributed by atoms with Gasteiger partial charge in [0, 0.05) is 13.1 Å². The third-order valence-corrected chi connectivity index (χ3v) is 2.76. The molecular formula is C10H14N4O2S. The minimum atomic E-state index is -3.18. The number of nitriles is 1. The van der Waals surface area contributed by atoms with Crippen molar-refractivity contribution in [2.24, 2.45) is 0 Å². The van der Waals surface area contributed by atoms with Crippen molar-refractivity contribution in [1.29, 1.82) is 5.26 Å². The second-order valence-electron chi connectivity index (χ2n) is 3.47. The Morgan fingerprint density at radius 3 is 2.71 bits per heavy atom. The van der Waals surface area contributed by atoms with Gasteiger partial charge in [-0.05, 0) is 12.1 Å². The first-order valence-electron chi connectivity index (χ1n) is 4.91. The lowest BCUT2D eigenvalue weighted by Gasteiger charge is -2.10. The Balaban J connectivity index is 2.56. The molecule has 0 aliphatic carbocycles. The van der Waals surface area contributed by atoms with E-state index in [0.29, 0.717) is 23.5 Å². The van der Waals surface area contributed by atoms with E-state index in [-0.39, 0.29) is 6.54 Å². The van der Waals surface area contributed by atoms with Crippen LogP contribution in [0.4, 0.5) is 11.4 Å². The van der Waals surface area contributed by atoms with Gasteiger partial charge < -0.3 is 11.1 Å². The molecule has 1 aromatic rings. The minimum absolute atomic E-state index is 0.259. The van der Waals surface area contributed by atoms with Crippen LogP contribution in [0, 0.1) is 11.3 Å². The van der Waals surface area contributed by atoms with Gasteiger partial charge in [0.25, 0.3) is 0 Å². The van der Waals surface area contributed by atoms with Crippen LogP contribution in [-0.2, 0) is 10.0 Å². The molecule has 0 saturated heterocycles. The maximum Gasteiger partial charge on any atom is 0.208 e. The number of nitrogens with one attached hydrogen (secondary N) is 2. The smallest absolute Gasteiger partial charge is 0.208 e. The van der Waals surface area contributed by atoms with Gasteiger partial charge in [0.1, 0.15) is 6.07 Å². The minimum Gasteiger partial charge on any atom is -0.396 e. The Hall–Kier alpha value is -1.78. The van der Waals surface area contributed by atoms with E-state index < -0.39 is 10.0 Å². The van der Waals surface area contributed by atoms with Gasteiger partial charge in [0.2, 0.25) is 10.0 Å². The maximum atomic E-state index is 10.8. The summed E-state index contributed by atoms with van der Waals surface area (Å²) in [5.41, 5.74) is 7.13. The Labute approximate surface area is 100 Å². The number of benzene rings is 1. The van der Waals surface area contributed by atoms with Gasteiger partial charge >= 0.3 is 0 Å². The van der Waals surface area contributed by atoms with Crippen molar-refractivity contribution >= 4 is 21.4 Å². The van der Waals surface area contributed by atoms with Crippen LogP contribution < -0.4 is 15.8 Å². The summed E-state index contributed by atoms with van der Waals surface area (Å²) >= 11 is 0. The second kappa shape index (κ2) is 5.52. The van der Waals surface area contributed by atoms with Crippen LogP contribution in [0.15, 0.2) is 18.2 Å². The highest BCUT2D eigenvalue weighted by molar-refractivity contribution is 7.88. The molecular weight excluding hydrogens is 240 g/mol. The molecule has 0 atom stereocenters. The van der Waals surface area contributed by atoms with E-state index in [1.54, 1.807) is 18.2 Å². The van der Waals surface area contributed by atoms with Gasteiger partial charge in [-0.15, -0.1) is 0 Å². The highest BCUT2D eigenvalue weighted by Crippen LogP contribution is 2.21. The highest BCUT2D eigenvalue weighted by Gasteiger charge is 2.04. The van der Waals surface area contributed by atoms with E-state index in [2.05, 4.69) is 10.0 Å². The molecule has 4 N–H and O–H groups in total. The predicted octanol–water partition coefficient (Wildman–Crippen LogP) is 0.102. The van der Waals surface area contributed by atoms with Gasteiger partial charge in [0.15, 0.2) is 0 Å². The zero-order chi connectivity index (χ0) is 12.9. The van der Waals surface area contributed by atoms with Crippen molar-refractivity contribution in [2.75, 3.05) is 30.4 Å². The summed E-state index contributed by atoms with van der Waals surface area (Å²) in [6.07, 6.45) is 1.09. The molecule has 92 valence electrons. The Morgan fingerprint density at radius 2 is 2.12 bits per heavy atom. The molecule has 17 heavy (non-hydrogen) atoms. The molecule has 0 aromatic heterocycles. The van der Waals surface area contributed by atoms with E-state index >= 15 is 0 Å². The first kappa shape index (κ1) is 13.3. The molecule has 0 unspecified atom stereocenters. The Morgan fingerprint density at radius 1 is 1.41 bits per heavy atom. The zero-order valence-electron chi connectivity index (χ0n) is 9.40. The molecule has 0 spiro atoms. The summed E-state index contributed by atoms with van der Waals surface area (Å²) in [4.78, 5) is 0. The average Bonchev–Trinajstić information content (AvgIpc) is 2.25. The lowest BCUT2D eigenvalue weighted by atomic mass is 10.1. The SMILES string of the molecule is CS(=O)(=O)NCCNc1cccc(C#N)c1N. The van der Waals surface area contributed by atoms with Crippen LogP contribution in [0.5, 0.6) is 0 Å². The topological polar surface area (TPSA) is 108 Å². The third kappa shape index (κ3) is 4.30. The number of nitrogens with zero attached hydrogens (tertiary/aromatic N) is 1. The lowest BCUT2D eigenvalue weighted by Crippen LogP contribution is -2.27. The molecule has 0 bridgehead atoms. The van der Waals surface area contributed by atoms with Crippen molar-refractivity contribution in [3.05, 3.63) is 23.8 Å². The number of rotatable bonds is 5.